The fraction of sp³-hybridized carbons (Fsp3) is 0.833. The van der Waals surface area contributed by atoms with E-state index in [2.05, 4.69) is 10.1 Å². The Labute approximate surface area is 125 Å². The number of hydrogen-bond acceptors (Lipinski definition) is 6. The lowest BCUT2D eigenvalue weighted by atomic mass is 10.1. The fourth-order valence-electron chi connectivity index (χ4n) is 2.46. The van der Waals surface area contributed by atoms with Crippen LogP contribution in [0, 0.1) is 0 Å². The molecule has 0 saturated carbocycles. The Morgan fingerprint density at radius 3 is 2.33 bits per heavy atom. The molecule has 1 unspecified atom stereocenters. The van der Waals surface area contributed by atoms with Crippen LogP contribution in [0.4, 0.5) is 0 Å². The van der Waals surface area contributed by atoms with E-state index in [0.717, 1.165) is 19.1 Å². The van der Waals surface area contributed by atoms with Gasteiger partial charge in [0.1, 0.15) is 5.75 Å². The molecule has 1 saturated heterocycles. The van der Waals surface area contributed by atoms with Crippen LogP contribution in [0.5, 0.6) is 0 Å². The van der Waals surface area contributed by atoms with Crippen LogP contribution in [0.1, 0.15) is 19.8 Å². The Morgan fingerprint density at radius 2 is 1.90 bits per heavy atom. The smallest absolute Gasteiger partial charge is 0.237 e. The number of amidine groups is 1. The van der Waals surface area contributed by atoms with Gasteiger partial charge in [-0.1, -0.05) is 18.5 Å². The molecule has 1 aliphatic heterocycles. The van der Waals surface area contributed by atoms with Crippen molar-refractivity contribution in [3.05, 3.63) is 0 Å². The third-order valence-corrected chi connectivity index (χ3v) is 4.28. The SMILES string of the molecule is CCCC(C(N)=NO)N1CCN(C(=O)CS(C)(=O)=O)CC1. The first-order valence-corrected chi connectivity index (χ1v) is 9.01. The van der Waals surface area contributed by atoms with Gasteiger partial charge in [0.05, 0.1) is 6.04 Å². The summed E-state index contributed by atoms with van der Waals surface area (Å²) in [4.78, 5) is 15.5. The van der Waals surface area contributed by atoms with E-state index in [9.17, 15) is 13.2 Å². The second-order valence-electron chi connectivity index (χ2n) is 5.32. The quantitative estimate of drug-likeness (QED) is 0.283. The number of hydrogen-bond donors (Lipinski definition) is 2. The first-order valence-electron chi connectivity index (χ1n) is 6.95. The molecular formula is C12H24N4O4S. The van der Waals surface area contributed by atoms with Gasteiger partial charge < -0.3 is 15.8 Å². The summed E-state index contributed by atoms with van der Waals surface area (Å²) < 4.78 is 22.3. The van der Waals surface area contributed by atoms with Crippen molar-refractivity contribution in [2.45, 2.75) is 25.8 Å². The minimum Gasteiger partial charge on any atom is -0.409 e. The third kappa shape index (κ3) is 5.50. The van der Waals surface area contributed by atoms with E-state index in [4.69, 9.17) is 10.9 Å². The van der Waals surface area contributed by atoms with E-state index in [1.165, 1.54) is 0 Å². The van der Waals surface area contributed by atoms with Crippen LogP contribution < -0.4 is 5.73 Å². The molecule has 1 heterocycles. The minimum absolute atomic E-state index is 0.146. The predicted octanol–water partition coefficient (Wildman–Crippen LogP) is -0.910. The van der Waals surface area contributed by atoms with Gasteiger partial charge in [-0.3, -0.25) is 9.69 Å². The molecule has 0 aromatic carbocycles. The molecule has 122 valence electrons. The molecule has 8 nitrogen and oxygen atoms in total. The first-order chi connectivity index (χ1) is 9.78. The summed E-state index contributed by atoms with van der Waals surface area (Å²) in [6.45, 7) is 4.08. The Kier molecular flexibility index (Phi) is 6.41. The molecule has 1 rings (SSSR count). The Balaban J connectivity index is 2.60. The van der Waals surface area contributed by atoms with Crippen molar-refractivity contribution >= 4 is 21.6 Å². The lowest BCUT2D eigenvalue weighted by Crippen LogP contribution is -2.55. The summed E-state index contributed by atoms with van der Waals surface area (Å²) in [6.07, 6.45) is 2.72. The number of rotatable bonds is 6. The Bertz CT molecular complexity index is 483. The molecule has 3 N–H and O–H groups in total. The van der Waals surface area contributed by atoms with Crippen molar-refractivity contribution in [2.24, 2.45) is 10.9 Å². The minimum atomic E-state index is -3.31. The number of carbonyl (C=O) groups excluding carboxylic acids is 1. The topological polar surface area (TPSA) is 116 Å². The number of amides is 1. The molecule has 0 spiro atoms. The Morgan fingerprint density at radius 1 is 1.33 bits per heavy atom. The summed E-state index contributed by atoms with van der Waals surface area (Å²) in [5.74, 6) is -0.647. The van der Waals surface area contributed by atoms with Crippen LogP contribution in [0.25, 0.3) is 0 Å². The number of piperazine rings is 1. The van der Waals surface area contributed by atoms with Crippen molar-refractivity contribution in [1.29, 1.82) is 0 Å². The lowest BCUT2D eigenvalue weighted by molar-refractivity contribution is -0.130. The highest BCUT2D eigenvalue weighted by Gasteiger charge is 2.28. The standard InChI is InChI=1S/C12H24N4O4S/c1-3-4-10(12(13)14-18)15-5-7-16(8-6-15)11(17)9-21(2,19)20/h10,18H,3-9H2,1-2H3,(H2,13,14). The van der Waals surface area contributed by atoms with E-state index in [1.54, 1.807) is 4.90 Å². The van der Waals surface area contributed by atoms with Crippen LogP contribution in [0.3, 0.4) is 0 Å². The third-order valence-electron chi connectivity index (χ3n) is 3.51. The molecular weight excluding hydrogens is 296 g/mol. The average molecular weight is 320 g/mol. The summed E-state index contributed by atoms with van der Waals surface area (Å²) >= 11 is 0. The molecule has 1 aliphatic rings. The average Bonchev–Trinajstić information content (AvgIpc) is 2.42. The molecule has 0 aliphatic carbocycles. The van der Waals surface area contributed by atoms with Crippen LogP contribution in [0.2, 0.25) is 0 Å². The molecule has 0 bridgehead atoms. The maximum absolute atomic E-state index is 11.8. The monoisotopic (exact) mass is 320 g/mol. The van der Waals surface area contributed by atoms with Crippen LogP contribution in [0.15, 0.2) is 5.16 Å². The number of nitrogens with zero attached hydrogens (tertiary/aromatic N) is 3. The zero-order valence-corrected chi connectivity index (χ0v) is 13.3. The molecule has 9 heteroatoms. The van der Waals surface area contributed by atoms with Gasteiger partial charge in [-0.15, -0.1) is 0 Å². The zero-order chi connectivity index (χ0) is 16.0. The molecule has 1 atom stereocenters. The maximum atomic E-state index is 11.8. The number of oxime groups is 1. The molecule has 0 aromatic rings. The van der Waals surface area contributed by atoms with Crippen LogP contribution in [-0.2, 0) is 14.6 Å². The van der Waals surface area contributed by atoms with Crippen molar-refractivity contribution in [3.63, 3.8) is 0 Å². The second kappa shape index (κ2) is 7.60. The van der Waals surface area contributed by atoms with Gasteiger partial charge in [0.15, 0.2) is 15.7 Å². The molecule has 1 fully saturated rings. The van der Waals surface area contributed by atoms with Gasteiger partial charge in [0.2, 0.25) is 5.91 Å². The maximum Gasteiger partial charge on any atom is 0.237 e. The molecule has 1 amide bonds. The van der Waals surface area contributed by atoms with E-state index < -0.39 is 15.6 Å². The van der Waals surface area contributed by atoms with Gasteiger partial charge in [0.25, 0.3) is 0 Å². The van der Waals surface area contributed by atoms with E-state index in [0.29, 0.717) is 26.2 Å². The fourth-order valence-corrected chi connectivity index (χ4v) is 3.09. The van der Waals surface area contributed by atoms with Crippen molar-refractivity contribution in [3.8, 4) is 0 Å². The van der Waals surface area contributed by atoms with Gasteiger partial charge in [-0.2, -0.15) is 0 Å². The summed E-state index contributed by atoms with van der Waals surface area (Å²) in [5, 5.41) is 11.9. The molecule has 21 heavy (non-hydrogen) atoms. The predicted molar refractivity (Wildman–Crippen MR) is 80.0 cm³/mol. The van der Waals surface area contributed by atoms with E-state index in [-0.39, 0.29) is 17.8 Å². The highest BCUT2D eigenvalue weighted by molar-refractivity contribution is 7.91. The number of sulfone groups is 1. The van der Waals surface area contributed by atoms with Crippen LogP contribution >= 0.6 is 0 Å². The summed E-state index contributed by atoms with van der Waals surface area (Å²) in [7, 11) is -3.31. The largest absolute Gasteiger partial charge is 0.409 e. The normalized spacial score (nSPS) is 19.5. The van der Waals surface area contributed by atoms with Crippen molar-refractivity contribution < 1.29 is 18.4 Å². The van der Waals surface area contributed by atoms with E-state index >= 15 is 0 Å². The van der Waals surface area contributed by atoms with E-state index in [1.807, 2.05) is 6.92 Å². The van der Waals surface area contributed by atoms with Gasteiger partial charge in [-0.25, -0.2) is 8.42 Å². The summed E-state index contributed by atoms with van der Waals surface area (Å²) in [5.41, 5.74) is 5.71. The lowest BCUT2D eigenvalue weighted by Gasteiger charge is -2.38. The van der Waals surface area contributed by atoms with Gasteiger partial charge in [0, 0.05) is 32.4 Å². The van der Waals surface area contributed by atoms with Gasteiger partial charge >= 0.3 is 0 Å². The second-order valence-corrected chi connectivity index (χ2v) is 7.46. The van der Waals surface area contributed by atoms with Crippen LogP contribution in [-0.4, -0.2) is 79.4 Å². The summed E-state index contributed by atoms with van der Waals surface area (Å²) in [6, 6.07) is -0.146. The van der Waals surface area contributed by atoms with Crippen molar-refractivity contribution in [2.75, 3.05) is 38.2 Å². The molecule has 0 radical (unpaired) electrons. The number of carbonyl (C=O) groups is 1. The first kappa shape index (κ1) is 17.7. The zero-order valence-electron chi connectivity index (χ0n) is 12.5. The van der Waals surface area contributed by atoms with Gasteiger partial charge in [-0.05, 0) is 6.42 Å². The highest BCUT2D eigenvalue weighted by atomic mass is 32.2. The van der Waals surface area contributed by atoms with Crippen molar-refractivity contribution in [1.82, 2.24) is 9.80 Å². The number of nitrogens with two attached hydrogens (primary N) is 1. The Hall–Kier alpha value is -1.35. The molecule has 0 aromatic heterocycles. The highest BCUT2D eigenvalue weighted by Crippen LogP contribution is 2.12.